The quantitative estimate of drug-likeness (QED) is 0.885. The molecule has 6 nitrogen and oxygen atoms in total. The molecule has 7 heteroatoms. The lowest BCUT2D eigenvalue weighted by Crippen LogP contribution is -2.40. The number of rotatable bonds is 5. The van der Waals surface area contributed by atoms with Gasteiger partial charge in [0.2, 0.25) is 0 Å². The first-order valence-corrected chi connectivity index (χ1v) is 9.02. The Morgan fingerprint density at radius 1 is 1.31 bits per heavy atom. The number of likely N-dealkylation sites (tertiary alicyclic amines) is 1. The number of nitrogens with one attached hydrogen (secondary N) is 1. The van der Waals surface area contributed by atoms with Crippen LogP contribution in [-0.4, -0.2) is 52.8 Å². The maximum absolute atomic E-state index is 13.8. The van der Waals surface area contributed by atoms with Gasteiger partial charge in [-0.05, 0) is 33.6 Å². The van der Waals surface area contributed by atoms with Crippen molar-refractivity contribution in [1.82, 2.24) is 14.9 Å². The Bertz CT molecular complexity index is 808. The second-order valence-corrected chi connectivity index (χ2v) is 7.65. The minimum atomic E-state index is -0.456. The molecule has 0 radical (unpaired) electrons. The van der Waals surface area contributed by atoms with E-state index in [0.29, 0.717) is 17.5 Å². The molecule has 26 heavy (non-hydrogen) atoms. The van der Waals surface area contributed by atoms with E-state index in [-0.39, 0.29) is 23.0 Å². The van der Waals surface area contributed by atoms with Crippen LogP contribution in [0.2, 0.25) is 0 Å². The summed E-state index contributed by atoms with van der Waals surface area (Å²) in [6.07, 6.45) is 2.88. The highest BCUT2D eigenvalue weighted by Gasteiger charge is 2.22. The first-order valence-electron chi connectivity index (χ1n) is 9.02. The highest BCUT2D eigenvalue weighted by atomic mass is 19.1. The van der Waals surface area contributed by atoms with Gasteiger partial charge in [0.1, 0.15) is 23.1 Å². The zero-order valence-electron chi connectivity index (χ0n) is 15.5. The molecule has 0 atom stereocenters. The average molecular weight is 363 g/mol. The summed E-state index contributed by atoms with van der Waals surface area (Å²) in [6, 6.07) is 2.51. The molecule has 0 unspecified atom stereocenters. The SMILES string of the molecule is CC(C)(C)OCCN1CCC(Oc2cc(F)cc3nc[nH]c(=O)c23)CC1. The van der Waals surface area contributed by atoms with Crippen molar-refractivity contribution in [2.24, 2.45) is 0 Å². The molecule has 2 heterocycles. The molecule has 142 valence electrons. The van der Waals surface area contributed by atoms with Gasteiger partial charge in [-0.15, -0.1) is 0 Å². The monoisotopic (exact) mass is 363 g/mol. The third-order valence-corrected chi connectivity index (χ3v) is 4.44. The Balaban J connectivity index is 1.60. The number of hydrogen-bond acceptors (Lipinski definition) is 5. The van der Waals surface area contributed by atoms with Gasteiger partial charge in [0.25, 0.3) is 5.56 Å². The molecule has 0 aliphatic carbocycles. The van der Waals surface area contributed by atoms with Gasteiger partial charge in [0.05, 0.1) is 24.1 Å². The van der Waals surface area contributed by atoms with E-state index in [1.807, 2.05) is 20.8 Å². The molecule has 0 bridgehead atoms. The van der Waals surface area contributed by atoms with Crippen LogP contribution < -0.4 is 10.3 Å². The average Bonchev–Trinajstić information content (AvgIpc) is 2.55. The van der Waals surface area contributed by atoms with Crippen molar-refractivity contribution in [3.05, 3.63) is 34.6 Å². The number of benzene rings is 1. The number of nitrogens with zero attached hydrogens (tertiary/aromatic N) is 2. The number of piperidine rings is 1. The molecule has 1 aromatic carbocycles. The van der Waals surface area contributed by atoms with Gasteiger partial charge < -0.3 is 19.4 Å². The number of ether oxygens (including phenoxy) is 2. The van der Waals surface area contributed by atoms with Crippen LogP contribution in [0.25, 0.3) is 10.9 Å². The molecule has 1 fully saturated rings. The summed E-state index contributed by atoms with van der Waals surface area (Å²) in [5.74, 6) is -0.189. The van der Waals surface area contributed by atoms with Crippen molar-refractivity contribution in [2.45, 2.75) is 45.3 Å². The number of hydrogen-bond donors (Lipinski definition) is 1. The van der Waals surface area contributed by atoms with E-state index in [1.165, 1.54) is 18.5 Å². The molecule has 0 amide bonds. The Labute approximate surface area is 152 Å². The van der Waals surface area contributed by atoms with Gasteiger partial charge in [-0.3, -0.25) is 4.79 Å². The van der Waals surface area contributed by atoms with Crippen molar-refractivity contribution in [1.29, 1.82) is 0 Å². The summed E-state index contributed by atoms with van der Waals surface area (Å²) < 4.78 is 25.6. The van der Waals surface area contributed by atoms with Gasteiger partial charge in [0, 0.05) is 31.8 Å². The number of aromatic nitrogens is 2. The zero-order chi connectivity index (χ0) is 18.7. The molecule has 2 aromatic rings. The minimum absolute atomic E-state index is 0.0422. The molecule has 1 N–H and O–H groups in total. The van der Waals surface area contributed by atoms with E-state index < -0.39 is 5.82 Å². The molecule has 1 aliphatic rings. The van der Waals surface area contributed by atoms with Gasteiger partial charge in [-0.25, -0.2) is 9.37 Å². The summed E-state index contributed by atoms with van der Waals surface area (Å²) in [6.45, 7) is 9.51. The lowest BCUT2D eigenvalue weighted by molar-refractivity contribution is -0.0185. The van der Waals surface area contributed by atoms with E-state index in [4.69, 9.17) is 9.47 Å². The van der Waals surface area contributed by atoms with Gasteiger partial charge >= 0.3 is 0 Å². The molecule has 1 saturated heterocycles. The maximum Gasteiger partial charge on any atom is 0.262 e. The van der Waals surface area contributed by atoms with Crippen molar-refractivity contribution in [3.63, 3.8) is 0 Å². The van der Waals surface area contributed by atoms with Crippen molar-refractivity contribution < 1.29 is 13.9 Å². The van der Waals surface area contributed by atoms with E-state index >= 15 is 0 Å². The first-order chi connectivity index (χ1) is 12.3. The summed E-state index contributed by atoms with van der Waals surface area (Å²) in [5, 5.41) is 0.301. The Morgan fingerprint density at radius 2 is 2.04 bits per heavy atom. The van der Waals surface area contributed by atoms with Crippen LogP contribution in [-0.2, 0) is 4.74 Å². The molecule has 1 aliphatic heterocycles. The van der Waals surface area contributed by atoms with Crippen molar-refractivity contribution in [3.8, 4) is 5.75 Å². The van der Waals surface area contributed by atoms with Crippen molar-refractivity contribution in [2.75, 3.05) is 26.2 Å². The smallest absolute Gasteiger partial charge is 0.262 e. The van der Waals surface area contributed by atoms with Crippen LogP contribution in [0.15, 0.2) is 23.3 Å². The summed E-state index contributed by atoms with van der Waals surface area (Å²) >= 11 is 0. The maximum atomic E-state index is 13.8. The largest absolute Gasteiger partial charge is 0.489 e. The van der Waals surface area contributed by atoms with E-state index in [2.05, 4.69) is 14.9 Å². The second kappa shape index (κ2) is 7.72. The second-order valence-electron chi connectivity index (χ2n) is 7.65. The molecule has 1 aromatic heterocycles. The van der Waals surface area contributed by atoms with Gasteiger partial charge in [-0.2, -0.15) is 0 Å². The minimum Gasteiger partial charge on any atom is -0.489 e. The summed E-state index contributed by atoms with van der Waals surface area (Å²) in [7, 11) is 0. The third-order valence-electron chi connectivity index (χ3n) is 4.44. The predicted molar refractivity (Wildman–Crippen MR) is 98.1 cm³/mol. The highest BCUT2D eigenvalue weighted by molar-refractivity contribution is 5.84. The molecule has 0 saturated carbocycles. The Kier molecular flexibility index (Phi) is 5.58. The van der Waals surface area contributed by atoms with E-state index in [9.17, 15) is 9.18 Å². The predicted octanol–water partition coefficient (Wildman–Crippen LogP) is 2.72. The topological polar surface area (TPSA) is 67.5 Å². The molecule has 3 rings (SSSR count). The normalized spacial score (nSPS) is 16.9. The van der Waals surface area contributed by atoms with Crippen LogP contribution in [0.5, 0.6) is 5.75 Å². The molecular weight excluding hydrogens is 337 g/mol. The number of halogens is 1. The van der Waals surface area contributed by atoms with Gasteiger partial charge in [0.15, 0.2) is 0 Å². The van der Waals surface area contributed by atoms with E-state index in [0.717, 1.165) is 32.5 Å². The lowest BCUT2D eigenvalue weighted by Gasteiger charge is -2.33. The van der Waals surface area contributed by atoms with Crippen LogP contribution >= 0.6 is 0 Å². The van der Waals surface area contributed by atoms with Crippen LogP contribution in [0, 0.1) is 5.82 Å². The van der Waals surface area contributed by atoms with Crippen LogP contribution in [0.3, 0.4) is 0 Å². The van der Waals surface area contributed by atoms with Gasteiger partial charge in [-0.1, -0.05) is 0 Å². The molecule has 0 spiro atoms. The van der Waals surface area contributed by atoms with E-state index in [1.54, 1.807) is 0 Å². The van der Waals surface area contributed by atoms with Crippen molar-refractivity contribution >= 4 is 10.9 Å². The first kappa shape index (κ1) is 18.8. The Morgan fingerprint density at radius 3 is 2.73 bits per heavy atom. The standard InChI is InChI=1S/C19H26FN3O3/c1-19(2,3)25-9-8-23-6-4-14(5-7-23)26-16-11-13(20)10-15-17(16)18(24)22-12-21-15/h10-12,14H,4-9H2,1-3H3,(H,21,22,24). The van der Waals surface area contributed by atoms with Crippen LogP contribution in [0.1, 0.15) is 33.6 Å². The lowest BCUT2D eigenvalue weighted by atomic mass is 10.1. The summed E-state index contributed by atoms with van der Waals surface area (Å²) in [5.41, 5.74) is -0.136. The fourth-order valence-corrected chi connectivity index (χ4v) is 3.13. The Hall–Kier alpha value is -1.99. The zero-order valence-corrected chi connectivity index (χ0v) is 15.5. The third kappa shape index (κ3) is 4.80. The number of aromatic amines is 1. The highest BCUT2D eigenvalue weighted by Crippen LogP contribution is 2.26. The molecular formula is C19H26FN3O3. The van der Waals surface area contributed by atoms with Crippen LogP contribution in [0.4, 0.5) is 4.39 Å². The fraction of sp³-hybridized carbons (Fsp3) is 0.579. The summed E-state index contributed by atoms with van der Waals surface area (Å²) in [4.78, 5) is 21.0. The number of fused-ring (bicyclic) bond motifs is 1. The number of H-pyrrole nitrogens is 1. The fourth-order valence-electron chi connectivity index (χ4n) is 3.13.